The molecule has 0 heterocycles. The molecule has 9 heteroatoms. The molecule has 1 aromatic rings. The standard InChI is InChI=1S/C13H14N5O4/c1-9(16-17-12(19)5-6-14)7-13(20)15-10-3-2-4-11(8-10)18(21)22/h2-4,8,21H,5,7H2,1H3,(H,15,20)(H,17,19)/q-1/b16-9-. The molecular weight excluding hydrogens is 290 g/mol. The van der Waals surface area contributed by atoms with Gasteiger partial charge in [-0.1, -0.05) is 6.07 Å². The van der Waals surface area contributed by atoms with Crippen LogP contribution in [0.15, 0.2) is 29.4 Å². The number of anilines is 2. The predicted octanol–water partition coefficient (Wildman–Crippen LogP) is 1.11. The molecular formula is C13H14N5O4-. The van der Waals surface area contributed by atoms with Gasteiger partial charge in [-0.25, -0.2) is 5.43 Å². The molecule has 1 rings (SSSR count). The van der Waals surface area contributed by atoms with Crippen LogP contribution in [-0.4, -0.2) is 22.7 Å². The van der Waals surface area contributed by atoms with Crippen molar-refractivity contribution in [2.45, 2.75) is 19.8 Å². The second-order valence-corrected chi connectivity index (χ2v) is 4.27. The lowest BCUT2D eigenvalue weighted by Gasteiger charge is -2.22. The Kier molecular flexibility index (Phi) is 6.49. The summed E-state index contributed by atoms with van der Waals surface area (Å²) in [5, 5.41) is 33.7. The molecule has 0 spiro atoms. The van der Waals surface area contributed by atoms with Crippen molar-refractivity contribution in [3.8, 4) is 6.07 Å². The molecule has 1 aromatic carbocycles. The Hall–Kier alpha value is -2.96. The van der Waals surface area contributed by atoms with Gasteiger partial charge in [-0.2, -0.15) is 10.4 Å². The third-order valence-corrected chi connectivity index (χ3v) is 2.38. The van der Waals surface area contributed by atoms with Gasteiger partial charge in [-0.3, -0.25) is 14.8 Å². The lowest BCUT2D eigenvalue weighted by atomic mass is 10.2. The highest BCUT2D eigenvalue weighted by Crippen LogP contribution is 2.17. The zero-order valence-electron chi connectivity index (χ0n) is 11.7. The van der Waals surface area contributed by atoms with Crippen LogP contribution in [0.4, 0.5) is 11.4 Å². The van der Waals surface area contributed by atoms with Gasteiger partial charge in [0.1, 0.15) is 6.42 Å². The van der Waals surface area contributed by atoms with Crippen molar-refractivity contribution < 1.29 is 14.8 Å². The molecule has 0 aliphatic heterocycles. The average molecular weight is 304 g/mol. The molecule has 3 N–H and O–H groups in total. The van der Waals surface area contributed by atoms with Gasteiger partial charge in [-0.15, -0.1) is 0 Å². The summed E-state index contributed by atoms with van der Waals surface area (Å²) in [4.78, 5) is 22.8. The van der Waals surface area contributed by atoms with Crippen LogP contribution >= 0.6 is 0 Å². The monoisotopic (exact) mass is 304 g/mol. The van der Waals surface area contributed by atoms with Crippen molar-refractivity contribution in [3.05, 3.63) is 29.5 Å². The summed E-state index contributed by atoms with van der Waals surface area (Å²) in [6, 6.07) is 7.38. The van der Waals surface area contributed by atoms with Gasteiger partial charge in [0.25, 0.3) is 5.91 Å². The number of rotatable bonds is 6. The van der Waals surface area contributed by atoms with E-state index in [1.54, 1.807) is 12.1 Å². The van der Waals surface area contributed by atoms with Crippen molar-refractivity contribution >= 4 is 28.9 Å². The lowest BCUT2D eigenvalue weighted by molar-refractivity contribution is -0.120. The quantitative estimate of drug-likeness (QED) is 0.531. The van der Waals surface area contributed by atoms with Crippen molar-refractivity contribution in [1.29, 1.82) is 5.26 Å². The van der Waals surface area contributed by atoms with E-state index in [1.165, 1.54) is 25.1 Å². The smallest absolute Gasteiger partial charge is 0.254 e. The Balaban J connectivity index is 2.56. The van der Waals surface area contributed by atoms with E-state index in [9.17, 15) is 14.8 Å². The van der Waals surface area contributed by atoms with Crippen LogP contribution in [0.1, 0.15) is 19.8 Å². The molecule has 0 radical (unpaired) electrons. The molecule has 0 aromatic heterocycles. The lowest BCUT2D eigenvalue weighted by Crippen LogP contribution is -2.21. The number of nitrogens with one attached hydrogen (secondary N) is 2. The summed E-state index contributed by atoms with van der Waals surface area (Å²) in [7, 11) is 0. The summed E-state index contributed by atoms with van der Waals surface area (Å²) >= 11 is 0. The molecule has 0 fully saturated rings. The minimum absolute atomic E-state index is 0.0213. The number of hydrogen-bond donors (Lipinski definition) is 3. The highest BCUT2D eigenvalue weighted by atomic mass is 16.8. The maximum atomic E-state index is 11.8. The van der Waals surface area contributed by atoms with Crippen molar-refractivity contribution in [3.63, 3.8) is 0 Å². The maximum Gasteiger partial charge on any atom is 0.254 e. The van der Waals surface area contributed by atoms with Gasteiger partial charge >= 0.3 is 0 Å². The van der Waals surface area contributed by atoms with E-state index in [0.717, 1.165) is 0 Å². The third kappa shape index (κ3) is 6.00. The van der Waals surface area contributed by atoms with Crippen LogP contribution in [0.3, 0.4) is 0 Å². The minimum Gasteiger partial charge on any atom is -0.733 e. The fourth-order valence-electron chi connectivity index (χ4n) is 1.45. The largest absolute Gasteiger partial charge is 0.733 e. The second kappa shape index (κ2) is 8.35. The second-order valence-electron chi connectivity index (χ2n) is 4.27. The Morgan fingerprint density at radius 2 is 2.18 bits per heavy atom. The fraction of sp³-hybridized carbons (Fsp3) is 0.231. The molecule has 2 amide bonds. The number of hydrogen-bond acceptors (Lipinski definition) is 7. The molecule has 0 aliphatic rings. The predicted molar refractivity (Wildman–Crippen MR) is 78.8 cm³/mol. The van der Waals surface area contributed by atoms with Crippen LogP contribution in [0.25, 0.3) is 0 Å². The summed E-state index contributed by atoms with van der Waals surface area (Å²) < 4.78 is 0. The number of carbonyl (C=O) groups excluding carboxylic acids is 2. The van der Waals surface area contributed by atoms with Crippen molar-refractivity contribution in [2.24, 2.45) is 5.10 Å². The summed E-state index contributed by atoms with van der Waals surface area (Å²) in [6.07, 6.45) is -0.403. The molecule has 0 aliphatic carbocycles. The van der Waals surface area contributed by atoms with Gasteiger partial charge in [0.05, 0.1) is 18.2 Å². The number of benzene rings is 1. The van der Waals surface area contributed by atoms with E-state index in [2.05, 4.69) is 15.8 Å². The van der Waals surface area contributed by atoms with Gasteiger partial charge in [0.2, 0.25) is 5.91 Å². The zero-order chi connectivity index (χ0) is 16.5. The normalized spacial score (nSPS) is 10.5. The summed E-state index contributed by atoms with van der Waals surface area (Å²) in [5.74, 6) is -0.975. The first-order valence-corrected chi connectivity index (χ1v) is 6.17. The molecule has 116 valence electrons. The van der Waals surface area contributed by atoms with E-state index in [-0.39, 0.29) is 23.8 Å². The first kappa shape index (κ1) is 17.1. The minimum atomic E-state index is -0.562. The zero-order valence-corrected chi connectivity index (χ0v) is 11.7. The number of nitrogens with zero attached hydrogens (tertiary/aromatic N) is 3. The molecule has 0 saturated heterocycles. The fourth-order valence-corrected chi connectivity index (χ4v) is 1.45. The van der Waals surface area contributed by atoms with E-state index in [0.29, 0.717) is 11.4 Å². The van der Waals surface area contributed by atoms with Gasteiger partial charge in [-0.05, 0) is 25.1 Å². The van der Waals surface area contributed by atoms with E-state index in [1.807, 2.05) is 0 Å². The maximum absolute atomic E-state index is 11.8. The molecule has 9 nitrogen and oxygen atoms in total. The van der Waals surface area contributed by atoms with E-state index >= 15 is 0 Å². The van der Waals surface area contributed by atoms with Gasteiger partial charge < -0.3 is 15.8 Å². The molecule has 22 heavy (non-hydrogen) atoms. The Morgan fingerprint density at radius 3 is 2.82 bits per heavy atom. The van der Waals surface area contributed by atoms with E-state index in [4.69, 9.17) is 10.5 Å². The van der Waals surface area contributed by atoms with Crippen LogP contribution in [-0.2, 0) is 9.59 Å². The van der Waals surface area contributed by atoms with Crippen LogP contribution in [0.5, 0.6) is 0 Å². The highest BCUT2D eigenvalue weighted by Gasteiger charge is 2.06. The van der Waals surface area contributed by atoms with E-state index < -0.39 is 11.8 Å². The van der Waals surface area contributed by atoms with Gasteiger partial charge in [0.15, 0.2) is 0 Å². The van der Waals surface area contributed by atoms with Crippen LogP contribution < -0.4 is 16.0 Å². The molecule has 0 bridgehead atoms. The first-order chi connectivity index (χ1) is 10.4. The Morgan fingerprint density at radius 1 is 1.45 bits per heavy atom. The van der Waals surface area contributed by atoms with Crippen LogP contribution in [0.2, 0.25) is 0 Å². The van der Waals surface area contributed by atoms with Crippen LogP contribution in [0, 0.1) is 16.5 Å². The first-order valence-electron chi connectivity index (χ1n) is 6.17. The Labute approximate surface area is 126 Å². The average Bonchev–Trinajstić information content (AvgIpc) is 2.45. The topological polar surface area (TPSA) is 141 Å². The van der Waals surface area contributed by atoms with Gasteiger partial charge in [0, 0.05) is 11.4 Å². The highest BCUT2D eigenvalue weighted by molar-refractivity contribution is 6.05. The molecule has 0 unspecified atom stereocenters. The number of nitriles is 1. The molecule has 0 atom stereocenters. The van der Waals surface area contributed by atoms with Crippen molar-refractivity contribution in [1.82, 2.24) is 5.43 Å². The number of carbonyl (C=O) groups is 2. The Bertz CT molecular complexity index is 621. The molecule has 0 saturated carbocycles. The third-order valence-electron chi connectivity index (χ3n) is 2.38. The summed E-state index contributed by atoms with van der Waals surface area (Å²) in [6.45, 7) is 1.54. The summed E-state index contributed by atoms with van der Waals surface area (Å²) in [5.41, 5.74) is 2.79. The SMILES string of the molecule is C/C(CC(=O)Nc1cccc(N([O-])O)c1)=N/NC(=O)CC#N. The number of amides is 2. The number of hydrazone groups is 1. The van der Waals surface area contributed by atoms with Crippen molar-refractivity contribution in [2.75, 3.05) is 10.5 Å².